The molecule has 0 aromatic heterocycles. The van der Waals surface area contributed by atoms with E-state index in [9.17, 15) is 9.90 Å². The molecule has 1 aromatic carbocycles. The van der Waals surface area contributed by atoms with E-state index in [1.54, 1.807) is 11.8 Å². The van der Waals surface area contributed by atoms with Crippen LogP contribution < -0.4 is 5.32 Å². The molecule has 0 aliphatic heterocycles. The molecule has 2 N–H and O–H groups in total. The molecule has 1 aliphatic rings. The lowest BCUT2D eigenvalue weighted by molar-refractivity contribution is -0.130. The van der Waals surface area contributed by atoms with Crippen LogP contribution in [0.1, 0.15) is 24.8 Å². The molecule has 4 heteroatoms. The summed E-state index contributed by atoms with van der Waals surface area (Å²) in [6.45, 7) is 0. The summed E-state index contributed by atoms with van der Waals surface area (Å²) in [5.41, 5.74) is 0.911. The molecule has 0 heterocycles. The number of benzene rings is 1. The average molecular weight is 265 g/mol. The van der Waals surface area contributed by atoms with E-state index in [2.05, 4.69) is 5.32 Å². The van der Waals surface area contributed by atoms with E-state index in [1.807, 2.05) is 36.6 Å². The van der Waals surface area contributed by atoms with E-state index in [1.165, 1.54) is 0 Å². The van der Waals surface area contributed by atoms with Gasteiger partial charge in [-0.15, -0.1) is 0 Å². The Balaban J connectivity index is 1.95. The summed E-state index contributed by atoms with van der Waals surface area (Å²) >= 11 is 1.64. The van der Waals surface area contributed by atoms with Crippen molar-refractivity contribution >= 4 is 17.7 Å². The van der Waals surface area contributed by atoms with Gasteiger partial charge in [0.1, 0.15) is 6.10 Å². The van der Waals surface area contributed by atoms with E-state index < -0.39 is 6.10 Å². The quantitative estimate of drug-likeness (QED) is 0.826. The molecule has 1 atom stereocenters. The van der Waals surface area contributed by atoms with Crippen molar-refractivity contribution in [3.05, 3.63) is 35.9 Å². The van der Waals surface area contributed by atoms with Crippen LogP contribution in [-0.2, 0) is 10.3 Å². The van der Waals surface area contributed by atoms with Gasteiger partial charge in [-0.05, 0) is 36.8 Å². The van der Waals surface area contributed by atoms with Gasteiger partial charge in [-0.25, -0.2) is 0 Å². The molecule has 1 aromatic rings. The number of aliphatic hydroxyl groups excluding tert-OH is 1. The van der Waals surface area contributed by atoms with Crippen LogP contribution in [0.3, 0.4) is 0 Å². The van der Waals surface area contributed by atoms with Crippen molar-refractivity contribution < 1.29 is 9.90 Å². The lowest BCUT2D eigenvalue weighted by atomic mass is 10.0. The predicted octanol–water partition coefficient (Wildman–Crippen LogP) is 1.91. The number of hydrogen-bond acceptors (Lipinski definition) is 3. The number of aliphatic hydroxyl groups is 1. The van der Waals surface area contributed by atoms with Gasteiger partial charge in [0, 0.05) is 0 Å². The van der Waals surface area contributed by atoms with Crippen LogP contribution in [0.2, 0.25) is 0 Å². The first-order valence-corrected chi connectivity index (χ1v) is 7.62. The molecule has 1 aliphatic carbocycles. The van der Waals surface area contributed by atoms with Crippen LogP contribution >= 0.6 is 11.8 Å². The van der Waals surface area contributed by atoms with Crippen LogP contribution in [0.15, 0.2) is 30.3 Å². The first-order chi connectivity index (χ1) is 8.68. The Morgan fingerprint density at radius 2 is 2.11 bits per heavy atom. The summed E-state index contributed by atoms with van der Waals surface area (Å²) in [7, 11) is 0. The molecule has 1 saturated carbocycles. The zero-order chi connectivity index (χ0) is 13.0. The standard InChI is InChI=1S/C14H19NO2S/c1-18-10-7-12(16)13(17)15-14(8-9-14)11-5-3-2-4-6-11/h2-6,12,16H,7-10H2,1H3,(H,15,17)/t12-/m1/s1. The second-order valence-electron chi connectivity index (χ2n) is 4.73. The van der Waals surface area contributed by atoms with Crippen molar-refractivity contribution in [1.29, 1.82) is 0 Å². The molecular weight excluding hydrogens is 246 g/mol. The van der Waals surface area contributed by atoms with E-state index in [0.717, 1.165) is 24.2 Å². The summed E-state index contributed by atoms with van der Waals surface area (Å²) < 4.78 is 0. The summed E-state index contributed by atoms with van der Waals surface area (Å²) in [5.74, 6) is 0.554. The van der Waals surface area contributed by atoms with Crippen molar-refractivity contribution in [2.75, 3.05) is 12.0 Å². The molecule has 1 amide bonds. The summed E-state index contributed by atoms with van der Waals surface area (Å²) in [4.78, 5) is 11.9. The van der Waals surface area contributed by atoms with Gasteiger partial charge in [-0.1, -0.05) is 30.3 Å². The minimum Gasteiger partial charge on any atom is -0.383 e. The Hall–Kier alpha value is -1.00. The fraction of sp³-hybridized carbons (Fsp3) is 0.500. The smallest absolute Gasteiger partial charge is 0.249 e. The van der Waals surface area contributed by atoms with Gasteiger partial charge in [0.15, 0.2) is 0 Å². The number of carbonyl (C=O) groups is 1. The molecule has 98 valence electrons. The number of rotatable bonds is 6. The van der Waals surface area contributed by atoms with Gasteiger partial charge in [0.25, 0.3) is 0 Å². The number of thioether (sulfide) groups is 1. The Morgan fingerprint density at radius 3 is 2.67 bits per heavy atom. The lowest BCUT2D eigenvalue weighted by Crippen LogP contribution is -2.41. The maximum atomic E-state index is 11.9. The Labute approximate surface area is 112 Å². The van der Waals surface area contributed by atoms with E-state index in [-0.39, 0.29) is 11.4 Å². The molecule has 0 radical (unpaired) electrons. The average Bonchev–Trinajstić information content (AvgIpc) is 3.18. The molecule has 3 nitrogen and oxygen atoms in total. The van der Waals surface area contributed by atoms with Crippen LogP contribution in [0, 0.1) is 0 Å². The summed E-state index contributed by atoms with van der Waals surface area (Å²) in [6, 6.07) is 9.98. The van der Waals surface area contributed by atoms with Crippen molar-refractivity contribution in [2.24, 2.45) is 0 Å². The largest absolute Gasteiger partial charge is 0.383 e. The van der Waals surface area contributed by atoms with Crippen LogP contribution in [0.5, 0.6) is 0 Å². The van der Waals surface area contributed by atoms with Crippen molar-refractivity contribution in [1.82, 2.24) is 5.32 Å². The maximum Gasteiger partial charge on any atom is 0.249 e. The van der Waals surface area contributed by atoms with Crippen LogP contribution in [0.4, 0.5) is 0 Å². The molecule has 0 saturated heterocycles. The van der Waals surface area contributed by atoms with Crippen LogP contribution in [-0.4, -0.2) is 29.1 Å². The third kappa shape index (κ3) is 3.06. The highest BCUT2D eigenvalue weighted by Crippen LogP contribution is 2.45. The highest BCUT2D eigenvalue weighted by Gasteiger charge is 2.46. The van der Waals surface area contributed by atoms with E-state index in [0.29, 0.717) is 6.42 Å². The molecule has 1 fully saturated rings. The Kier molecular flexibility index (Phi) is 4.30. The van der Waals surface area contributed by atoms with Crippen molar-refractivity contribution in [2.45, 2.75) is 30.9 Å². The third-order valence-electron chi connectivity index (χ3n) is 3.34. The molecule has 18 heavy (non-hydrogen) atoms. The first-order valence-electron chi connectivity index (χ1n) is 6.22. The number of hydrogen-bond donors (Lipinski definition) is 2. The summed E-state index contributed by atoms with van der Waals surface area (Å²) in [5, 5.41) is 12.8. The SMILES string of the molecule is CSCC[C@@H](O)C(=O)NC1(c2ccccc2)CC1. The highest BCUT2D eigenvalue weighted by atomic mass is 32.2. The predicted molar refractivity (Wildman–Crippen MR) is 74.5 cm³/mol. The zero-order valence-corrected chi connectivity index (χ0v) is 11.4. The van der Waals surface area contributed by atoms with E-state index in [4.69, 9.17) is 0 Å². The van der Waals surface area contributed by atoms with Crippen molar-refractivity contribution in [3.63, 3.8) is 0 Å². The third-order valence-corrected chi connectivity index (χ3v) is 3.98. The maximum absolute atomic E-state index is 11.9. The monoisotopic (exact) mass is 265 g/mol. The minimum absolute atomic E-state index is 0.224. The molecule has 0 unspecified atom stereocenters. The van der Waals surface area contributed by atoms with Gasteiger partial charge < -0.3 is 10.4 Å². The lowest BCUT2D eigenvalue weighted by Gasteiger charge is -2.20. The molecular formula is C14H19NO2S. The van der Waals surface area contributed by atoms with Gasteiger partial charge in [-0.3, -0.25) is 4.79 Å². The fourth-order valence-electron chi connectivity index (χ4n) is 2.05. The number of carbonyl (C=O) groups excluding carboxylic acids is 1. The zero-order valence-electron chi connectivity index (χ0n) is 10.6. The minimum atomic E-state index is -0.890. The van der Waals surface area contributed by atoms with Crippen LogP contribution in [0.25, 0.3) is 0 Å². The van der Waals surface area contributed by atoms with Crippen molar-refractivity contribution in [3.8, 4) is 0 Å². The van der Waals surface area contributed by atoms with Gasteiger partial charge in [0.2, 0.25) is 5.91 Å². The van der Waals surface area contributed by atoms with Gasteiger partial charge >= 0.3 is 0 Å². The highest BCUT2D eigenvalue weighted by molar-refractivity contribution is 7.98. The molecule has 0 bridgehead atoms. The molecule has 0 spiro atoms. The Bertz CT molecular complexity index is 404. The number of nitrogens with one attached hydrogen (secondary N) is 1. The number of amides is 1. The first kappa shape index (κ1) is 13.4. The van der Waals surface area contributed by atoms with E-state index >= 15 is 0 Å². The second-order valence-corrected chi connectivity index (χ2v) is 5.72. The molecule has 2 rings (SSSR count). The topological polar surface area (TPSA) is 49.3 Å². The second kappa shape index (κ2) is 5.76. The fourth-order valence-corrected chi connectivity index (χ4v) is 2.51. The summed E-state index contributed by atoms with van der Waals surface area (Å²) in [6.07, 6.45) is 3.50. The van der Waals surface area contributed by atoms with Gasteiger partial charge in [0.05, 0.1) is 5.54 Å². The van der Waals surface area contributed by atoms with Gasteiger partial charge in [-0.2, -0.15) is 11.8 Å². The Morgan fingerprint density at radius 1 is 1.44 bits per heavy atom. The normalized spacial score (nSPS) is 18.1.